The lowest BCUT2D eigenvalue weighted by Gasteiger charge is -2.15. The van der Waals surface area contributed by atoms with Crippen LogP contribution >= 0.6 is 11.8 Å². The zero-order valence-corrected chi connectivity index (χ0v) is 17.0. The van der Waals surface area contributed by atoms with E-state index in [2.05, 4.69) is 53.1 Å². The SMILES string of the molecule is CN=C(NCc1ccc2c(c1)OCCCO2)NCc1ccc(C)cc1SC. The Hall–Kier alpha value is -2.34. The highest BCUT2D eigenvalue weighted by Gasteiger charge is 2.11. The molecule has 0 spiro atoms. The Kier molecular flexibility index (Phi) is 6.87. The topological polar surface area (TPSA) is 54.9 Å². The Morgan fingerprint density at radius 2 is 1.81 bits per heavy atom. The second kappa shape index (κ2) is 9.55. The van der Waals surface area contributed by atoms with Gasteiger partial charge in [-0.15, -0.1) is 11.8 Å². The number of rotatable bonds is 5. The van der Waals surface area contributed by atoms with E-state index < -0.39 is 0 Å². The van der Waals surface area contributed by atoms with Gasteiger partial charge in [0.15, 0.2) is 17.5 Å². The molecule has 0 saturated carbocycles. The van der Waals surface area contributed by atoms with Crippen LogP contribution in [0.25, 0.3) is 0 Å². The lowest BCUT2D eigenvalue weighted by atomic mass is 10.1. The molecule has 0 bridgehead atoms. The van der Waals surface area contributed by atoms with Crippen molar-refractivity contribution >= 4 is 17.7 Å². The van der Waals surface area contributed by atoms with E-state index in [0.29, 0.717) is 19.8 Å². The van der Waals surface area contributed by atoms with Crippen LogP contribution in [0, 0.1) is 6.92 Å². The Morgan fingerprint density at radius 3 is 2.59 bits per heavy atom. The average Bonchev–Trinajstić information content (AvgIpc) is 2.93. The first-order chi connectivity index (χ1) is 13.2. The molecule has 1 aliphatic heterocycles. The Labute approximate surface area is 165 Å². The van der Waals surface area contributed by atoms with Crippen molar-refractivity contribution in [3.8, 4) is 11.5 Å². The Morgan fingerprint density at radius 1 is 1.04 bits per heavy atom. The molecule has 0 unspecified atom stereocenters. The molecule has 1 heterocycles. The number of thioether (sulfide) groups is 1. The summed E-state index contributed by atoms with van der Waals surface area (Å²) in [6.45, 7) is 4.92. The van der Waals surface area contributed by atoms with E-state index in [1.165, 1.54) is 16.0 Å². The average molecular weight is 386 g/mol. The first-order valence-corrected chi connectivity index (χ1v) is 10.4. The number of hydrogen-bond acceptors (Lipinski definition) is 4. The van der Waals surface area contributed by atoms with E-state index in [-0.39, 0.29) is 0 Å². The van der Waals surface area contributed by atoms with Crippen molar-refractivity contribution in [1.29, 1.82) is 0 Å². The van der Waals surface area contributed by atoms with Crippen LogP contribution in [0.15, 0.2) is 46.3 Å². The zero-order chi connectivity index (χ0) is 19.1. The van der Waals surface area contributed by atoms with Crippen molar-refractivity contribution in [2.75, 3.05) is 26.5 Å². The molecule has 5 nitrogen and oxygen atoms in total. The first-order valence-electron chi connectivity index (χ1n) is 9.16. The molecule has 0 atom stereocenters. The Balaban J connectivity index is 1.57. The lowest BCUT2D eigenvalue weighted by Crippen LogP contribution is -2.36. The monoisotopic (exact) mass is 385 g/mol. The molecular weight excluding hydrogens is 358 g/mol. The van der Waals surface area contributed by atoms with Gasteiger partial charge in [-0.1, -0.05) is 18.2 Å². The maximum absolute atomic E-state index is 5.76. The highest BCUT2D eigenvalue weighted by molar-refractivity contribution is 7.98. The van der Waals surface area contributed by atoms with Crippen molar-refractivity contribution in [2.45, 2.75) is 31.3 Å². The van der Waals surface area contributed by atoms with E-state index in [0.717, 1.165) is 36.0 Å². The van der Waals surface area contributed by atoms with Gasteiger partial charge < -0.3 is 20.1 Å². The molecule has 0 fully saturated rings. The van der Waals surface area contributed by atoms with Crippen LogP contribution < -0.4 is 20.1 Å². The zero-order valence-electron chi connectivity index (χ0n) is 16.2. The summed E-state index contributed by atoms with van der Waals surface area (Å²) in [5.74, 6) is 2.41. The summed E-state index contributed by atoms with van der Waals surface area (Å²) in [6.07, 6.45) is 3.02. The summed E-state index contributed by atoms with van der Waals surface area (Å²) in [5, 5.41) is 6.76. The summed E-state index contributed by atoms with van der Waals surface area (Å²) in [4.78, 5) is 5.62. The minimum atomic E-state index is 0.666. The molecule has 1 aliphatic rings. The van der Waals surface area contributed by atoms with Crippen molar-refractivity contribution in [2.24, 2.45) is 4.99 Å². The van der Waals surface area contributed by atoms with Gasteiger partial charge in [0, 0.05) is 31.5 Å². The van der Waals surface area contributed by atoms with Crippen molar-refractivity contribution in [3.63, 3.8) is 0 Å². The normalized spacial score (nSPS) is 13.8. The van der Waals surface area contributed by atoms with E-state index in [9.17, 15) is 0 Å². The molecule has 0 amide bonds. The molecule has 144 valence electrons. The van der Waals surface area contributed by atoms with Crippen LogP contribution in [0.5, 0.6) is 11.5 Å². The molecular formula is C21H27N3O2S. The number of benzene rings is 2. The quantitative estimate of drug-likeness (QED) is 0.466. The largest absolute Gasteiger partial charge is 0.490 e. The van der Waals surface area contributed by atoms with Crippen LogP contribution in [0.1, 0.15) is 23.1 Å². The molecule has 0 radical (unpaired) electrons. The van der Waals surface area contributed by atoms with Gasteiger partial charge in [-0.3, -0.25) is 4.99 Å². The summed E-state index contributed by atoms with van der Waals surface area (Å²) in [5.41, 5.74) is 3.67. The summed E-state index contributed by atoms with van der Waals surface area (Å²) in [7, 11) is 1.79. The predicted octanol–water partition coefficient (Wildman–Crippen LogP) is 3.74. The number of nitrogens with zero attached hydrogens (tertiary/aromatic N) is 1. The van der Waals surface area contributed by atoms with Gasteiger partial charge in [-0.2, -0.15) is 0 Å². The fourth-order valence-electron chi connectivity index (χ4n) is 2.90. The van der Waals surface area contributed by atoms with E-state index in [4.69, 9.17) is 9.47 Å². The van der Waals surface area contributed by atoms with Gasteiger partial charge in [-0.25, -0.2) is 0 Å². The van der Waals surface area contributed by atoms with E-state index >= 15 is 0 Å². The smallest absolute Gasteiger partial charge is 0.191 e. The molecule has 6 heteroatoms. The maximum atomic E-state index is 5.76. The van der Waals surface area contributed by atoms with Crippen LogP contribution in [0.4, 0.5) is 0 Å². The number of ether oxygens (including phenoxy) is 2. The minimum Gasteiger partial charge on any atom is -0.490 e. The molecule has 2 aromatic rings. The van der Waals surface area contributed by atoms with Crippen LogP contribution in [-0.2, 0) is 13.1 Å². The third-order valence-corrected chi connectivity index (χ3v) is 5.20. The lowest BCUT2D eigenvalue weighted by molar-refractivity contribution is 0.297. The highest BCUT2D eigenvalue weighted by Crippen LogP contribution is 2.30. The number of aliphatic imine (C=N–C) groups is 1. The third-order valence-electron chi connectivity index (χ3n) is 4.38. The second-order valence-corrected chi connectivity index (χ2v) is 7.27. The molecule has 27 heavy (non-hydrogen) atoms. The van der Waals surface area contributed by atoms with Gasteiger partial charge in [0.2, 0.25) is 0 Å². The third kappa shape index (κ3) is 5.32. The summed E-state index contributed by atoms with van der Waals surface area (Å²) >= 11 is 1.77. The van der Waals surface area contributed by atoms with Crippen LogP contribution in [0.2, 0.25) is 0 Å². The number of fused-ring (bicyclic) bond motifs is 1. The fourth-order valence-corrected chi connectivity index (χ4v) is 3.61. The van der Waals surface area contributed by atoms with E-state index in [1.807, 2.05) is 12.1 Å². The standard InChI is InChI=1S/C21H27N3O2S/c1-15-5-7-17(20(11-15)27-3)14-24-21(22-2)23-13-16-6-8-18-19(12-16)26-10-4-9-25-18/h5-8,11-12H,4,9-10,13-14H2,1-3H3,(H2,22,23,24). The van der Waals surface area contributed by atoms with Crippen molar-refractivity contribution < 1.29 is 9.47 Å². The number of nitrogens with one attached hydrogen (secondary N) is 2. The predicted molar refractivity (Wildman–Crippen MR) is 112 cm³/mol. The molecule has 2 N–H and O–H groups in total. The van der Waals surface area contributed by atoms with Crippen LogP contribution in [-0.4, -0.2) is 32.5 Å². The van der Waals surface area contributed by atoms with Gasteiger partial charge in [0.25, 0.3) is 0 Å². The second-order valence-electron chi connectivity index (χ2n) is 6.43. The summed E-state index contributed by atoms with van der Waals surface area (Å²) < 4.78 is 11.4. The number of guanidine groups is 1. The fraction of sp³-hybridized carbons (Fsp3) is 0.381. The van der Waals surface area contributed by atoms with Crippen LogP contribution in [0.3, 0.4) is 0 Å². The molecule has 3 rings (SSSR count). The molecule has 2 aromatic carbocycles. The molecule has 0 aliphatic carbocycles. The summed E-state index contributed by atoms with van der Waals surface area (Å²) in [6, 6.07) is 12.6. The molecule has 0 saturated heterocycles. The van der Waals surface area contributed by atoms with Gasteiger partial charge in [0.1, 0.15) is 0 Å². The van der Waals surface area contributed by atoms with Crippen molar-refractivity contribution in [1.82, 2.24) is 10.6 Å². The Bertz CT molecular complexity index is 808. The van der Waals surface area contributed by atoms with E-state index in [1.54, 1.807) is 18.8 Å². The van der Waals surface area contributed by atoms with Crippen molar-refractivity contribution in [3.05, 3.63) is 53.1 Å². The maximum Gasteiger partial charge on any atom is 0.191 e. The van der Waals surface area contributed by atoms with Gasteiger partial charge in [-0.05, 0) is 48.1 Å². The molecule has 0 aromatic heterocycles. The number of hydrogen-bond donors (Lipinski definition) is 2. The number of aryl methyl sites for hydroxylation is 1. The highest BCUT2D eigenvalue weighted by atomic mass is 32.2. The minimum absolute atomic E-state index is 0.666. The first kappa shape index (κ1) is 19.4. The van der Waals surface area contributed by atoms with Gasteiger partial charge in [0.05, 0.1) is 13.2 Å². The van der Waals surface area contributed by atoms with Gasteiger partial charge >= 0.3 is 0 Å².